The summed E-state index contributed by atoms with van der Waals surface area (Å²) in [6.45, 7) is 3.01. The van der Waals surface area contributed by atoms with Crippen LogP contribution in [0.15, 0.2) is 18.2 Å². The van der Waals surface area contributed by atoms with Crippen LogP contribution in [-0.2, 0) is 4.74 Å². The van der Waals surface area contributed by atoms with Crippen LogP contribution in [0.5, 0.6) is 5.75 Å². The van der Waals surface area contributed by atoms with E-state index in [0.29, 0.717) is 6.10 Å². The third-order valence-corrected chi connectivity index (χ3v) is 3.70. The zero-order chi connectivity index (χ0) is 13.0. The van der Waals surface area contributed by atoms with E-state index < -0.39 is 0 Å². The summed E-state index contributed by atoms with van der Waals surface area (Å²) in [7, 11) is 1.69. The fourth-order valence-corrected chi connectivity index (χ4v) is 2.58. The van der Waals surface area contributed by atoms with Crippen molar-refractivity contribution in [3.8, 4) is 5.75 Å². The predicted molar refractivity (Wildman–Crippen MR) is 72.9 cm³/mol. The first-order valence-electron chi connectivity index (χ1n) is 6.72. The van der Waals surface area contributed by atoms with Crippen molar-refractivity contribution in [1.82, 2.24) is 0 Å². The molecular formula is C15H23NO2. The predicted octanol–water partition coefficient (Wildman–Crippen LogP) is 2.96. The van der Waals surface area contributed by atoms with Gasteiger partial charge in [-0.25, -0.2) is 0 Å². The number of nitrogens with two attached hydrogens (primary N) is 1. The number of ether oxygens (including phenoxy) is 2. The highest BCUT2D eigenvalue weighted by Crippen LogP contribution is 2.26. The van der Waals surface area contributed by atoms with Gasteiger partial charge >= 0.3 is 0 Å². The maximum Gasteiger partial charge on any atom is 0.119 e. The molecule has 1 fully saturated rings. The van der Waals surface area contributed by atoms with E-state index in [2.05, 4.69) is 13.0 Å². The lowest BCUT2D eigenvalue weighted by atomic mass is 9.96. The Kier molecular flexibility index (Phi) is 4.61. The lowest BCUT2D eigenvalue weighted by molar-refractivity contribution is 0.101. The van der Waals surface area contributed by atoms with Gasteiger partial charge in [-0.3, -0.25) is 0 Å². The topological polar surface area (TPSA) is 44.5 Å². The Morgan fingerprint density at radius 2 is 2.33 bits per heavy atom. The van der Waals surface area contributed by atoms with E-state index in [1.807, 2.05) is 12.1 Å². The third kappa shape index (κ3) is 3.24. The summed E-state index contributed by atoms with van der Waals surface area (Å²) in [5.74, 6) is 0.891. The number of benzene rings is 1. The SMILES string of the molecule is COc1ccc(C(N)CCC2CCCO2)c(C)c1. The van der Waals surface area contributed by atoms with Crippen LogP contribution >= 0.6 is 0 Å². The van der Waals surface area contributed by atoms with E-state index in [0.717, 1.165) is 25.2 Å². The van der Waals surface area contributed by atoms with Crippen LogP contribution in [0.3, 0.4) is 0 Å². The van der Waals surface area contributed by atoms with Gasteiger partial charge in [-0.1, -0.05) is 6.07 Å². The summed E-state index contributed by atoms with van der Waals surface area (Å²) in [5, 5.41) is 0. The van der Waals surface area contributed by atoms with Crippen molar-refractivity contribution >= 4 is 0 Å². The molecule has 1 aliphatic heterocycles. The molecule has 3 nitrogen and oxygen atoms in total. The number of rotatable bonds is 5. The Labute approximate surface area is 109 Å². The molecule has 1 saturated heterocycles. The van der Waals surface area contributed by atoms with Crippen molar-refractivity contribution in [3.63, 3.8) is 0 Å². The highest BCUT2D eigenvalue weighted by Gasteiger charge is 2.17. The molecule has 2 atom stereocenters. The minimum atomic E-state index is 0.0973. The number of hydrogen-bond donors (Lipinski definition) is 1. The average molecular weight is 249 g/mol. The van der Waals surface area contributed by atoms with Gasteiger partial charge < -0.3 is 15.2 Å². The van der Waals surface area contributed by atoms with Gasteiger partial charge in [-0.05, 0) is 55.9 Å². The molecule has 0 aliphatic carbocycles. The van der Waals surface area contributed by atoms with E-state index >= 15 is 0 Å². The minimum absolute atomic E-state index is 0.0973. The monoisotopic (exact) mass is 249 g/mol. The summed E-state index contributed by atoms with van der Waals surface area (Å²) in [5.41, 5.74) is 8.69. The van der Waals surface area contributed by atoms with Gasteiger partial charge in [0.15, 0.2) is 0 Å². The minimum Gasteiger partial charge on any atom is -0.497 e. The van der Waals surface area contributed by atoms with E-state index in [1.54, 1.807) is 7.11 Å². The molecule has 0 aromatic heterocycles. The zero-order valence-corrected chi connectivity index (χ0v) is 11.3. The van der Waals surface area contributed by atoms with Crippen LogP contribution in [0.2, 0.25) is 0 Å². The van der Waals surface area contributed by atoms with E-state index in [1.165, 1.54) is 24.0 Å². The Balaban J connectivity index is 1.93. The van der Waals surface area contributed by atoms with E-state index in [9.17, 15) is 0 Å². The second kappa shape index (κ2) is 6.21. The molecule has 2 unspecified atom stereocenters. The van der Waals surface area contributed by atoms with Crippen LogP contribution in [0, 0.1) is 6.92 Å². The molecule has 3 heteroatoms. The lowest BCUT2D eigenvalue weighted by Gasteiger charge is -2.17. The molecule has 100 valence electrons. The van der Waals surface area contributed by atoms with Gasteiger partial charge in [-0.2, -0.15) is 0 Å². The molecular weight excluding hydrogens is 226 g/mol. The van der Waals surface area contributed by atoms with E-state index in [4.69, 9.17) is 15.2 Å². The van der Waals surface area contributed by atoms with Gasteiger partial charge in [0, 0.05) is 12.6 Å². The maximum absolute atomic E-state index is 6.27. The van der Waals surface area contributed by atoms with Crippen LogP contribution in [0.25, 0.3) is 0 Å². The maximum atomic E-state index is 6.27. The van der Waals surface area contributed by atoms with Crippen molar-refractivity contribution in [3.05, 3.63) is 29.3 Å². The molecule has 0 bridgehead atoms. The van der Waals surface area contributed by atoms with Gasteiger partial charge in [-0.15, -0.1) is 0 Å². The van der Waals surface area contributed by atoms with Gasteiger partial charge in [0.25, 0.3) is 0 Å². The molecule has 2 rings (SSSR count). The molecule has 0 amide bonds. The van der Waals surface area contributed by atoms with Gasteiger partial charge in [0.2, 0.25) is 0 Å². The number of hydrogen-bond acceptors (Lipinski definition) is 3. The van der Waals surface area contributed by atoms with Crippen LogP contribution in [0.1, 0.15) is 42.9 Å². The highest BCUT2D eigenvalue weighted by atomic mass is 16.5. The first-order chi connectivity index (χ1) is 8.70. The standard InChI is InChI=1S/C15H23NO2/c1-11-10-13(17-2)5-7-14(11)15(16)8-6-12-4-3-9-18-12/h5,7,10,12,15H,3-4,6,8-9,16H2,1-2H3. The van der Waals surface area contributed by atoms with Gasteiger partial charge in [0.1, 0.15) is 5.75 Å². The summed E-state index contributed by atoms with van der Waals surface area (Å²) in [6, 6.07) is 6.20. The second-order valence-electron chi connectivity index (χ2n) is 5.04. The Bertz CT molecular complexity index is 386. The Hall–Kier alpha value is -1.06. The van der Waals surface area contributed by atoms with Crippen molar-refractivity contribution < 1.29 is 9.47 Å². The largest absolute Gasteiger partial charge is 0.497 e. The molecule has 0 spiro atoms. The van der Waals surface area contributed by atoms with Crippen molar-refractivity contribution in [2.75, 3.05) is 13.7 Å². The second-order valence-corrected chi connectivity index (χ2v) is 5.04. The molecule has 1 heterocycles. The van der Waals surface area contributed by atoms with Crippen molar-refractivity contribution in [2.24, 2.45) is 5.73 Å². The summed E-state index contributed by atoms with van der Waals surface area (Å²) in [6.07, 6.45) is 4.86. The Morgan fingerprint density at radius 3 is 2.94 bits per heavy atom. The molecule has 2 N–H and O–H groups in total. The van der Waals surface area contributed by atoms with Gasteiger partial charge in [0.05, 0.1) is 13.2 Å². The Morgan fingerprint density at radius 1 is 1.50 bits per heavy atom. The van der Waals surface area contributed by atoms with Crippen molar-refractivity contribution in [2.45, 2.75) is 44.8 Å². The zero-order valence-electron chi connectivity index (χ0n) is 11.3. The first-order valence-corrected chi connectivity index (χ1v) is 6.72. The molecule has 0 radical (unpaired) electrons. The van der Waals surface area contributed by atoms with Crippen LogP contribution < -0.4 is 10.5 Å². The summed E-state index contributed by atoms with van der Waals surface area (Å²) >= 11 is 0. The number of aryl methyl sites for hydroxylation is 1. The third-order valence-electron chi connectivity index (χ3n) is 3.70. The summed E-state index contributed by atoms with van der Waals surface area (Å²) < 4.78 is 10.8. The lowest BCUT2D eigenvalue weighted by Crippen LogP contribution is -2.15. The fourth-order valence-electron chi connectivity index (χ4n) is 2.58. The highest BCUT2D eigenvalue weighted by molar-refractivity contribution is 5.36. The quantitative estimate of drug-likeness (QED) is 0.872. The van der Waals surface area contributed by atoms with Crippen molar-refractivity contribution in [1.29, 1.82) is 0 Å². The fraction of sp³-hybridized carbons (Fsp3) is 0.600. The van der Waals surface area contributed by atoms with Crippen LogP contribution in [-0.4, -0.2) is 19.8 Å². The molecule has 1 aliphatic rings. The normalized spacial score (nSPS) is 20.9. The molecule has 1 aromatic rings. The van der Waals surface area contributed by atoms with E-state index in [-0.39, 0.29) is 6.04 Å². The summed E-state index contributed by atoms with van der Waals surface area (Å²) in [4.78, 5) is 0. The van der Waals surface area contributed by atoms with Crippen LogP contribution in [0.4, 0.5) is 0 Å². The molecule has 18 heavy (non-hydrogen) atoms. The smallest absolute Gasteiger partial charge is 0.119 e. The number of methoxy groups -OCH3 is 1. The first kappa shape index (κ1) is 13.4. The average Bonchev–Trinajstić information content (AvgIpc) is 2.88. The molecule has 0 saturated carbocycles. The molecule has 1 aromatic carbocycles.